The Bertz CT molecular complexity index is 718. The first-order valence-electron chi connectivity index (χ1n) is 10.0. The third-order valence-corrected chi connectivity index (χ3v) is 4.65. The highest BCUT2D eigenvalue weighted by molar-refractivity contribution is 5.79. The Labute approximate surface area is 169 Å². The number of hydrogen-bond acceptors (Lipinski definition) is 3. The van der Waals surface area contributed by atoms with E-state index >= 15 is 0 Å². The van der Waals surface area contributed by atoms with E-state index in [1.54, 1.807) is 7.11 Å². The normalized spacial score (nSPS) is 13.4. The van der Waals surface area contributed by atoms with Crippen LogP contribution in [0, 0.1) is 5.41 Å². The summed E-state index contributed by atoms with van der Waals surface area (Å²) in [7, 11) is 1.75. The summed E-state index contributed by atoms with van der Waals surface area (Å²) < 4.78 is 7.80. The van der Waals surface area contributed by atoms with Gasteiger partial charge in [-0.25, -0.2) is 4.98 Å². The summed E-state index contributed by atoms with van der Waals surface area (Å²) >= 11 is 0. The molecule has 0 amide bonds. The second kappa shape index (κ2) is 10.9. The van der Waals surface area contributed by atoms with Crippen molar-refractivity contribution in [2.45, 2.75) is 46.8 Å². The zero-order valence-electron chi connectivity index (χ0n) is 17.9. The fraction of sp³-hybridized carbons (Fsp3) is 0.545. The number of guanidine groups is 1. The molecule has 0 saturated carbocycles. The summed E-state index contributed by atoms with van der Waals surface area (Å²) in [6.45, 7) is 11.6. The van der Waals surface area contributed by atoms with E-state index < -0.39 is 0 Å². The molecule has 0 aliphatic heterocycles. The van der Waals surface area contributed by atoms with Gasteiger partial charge in [0.05, 0.1) is 12.6 Å². The van der Waals surface area contributed by atoms with Crippen molar-refractivity contribution in [1.82, 2.24) is 20.2 Å². The summed E-state index contributed by atoms with van der Waals surface area (Å²) in [5, 5.41) is 6.72. The van der Waals surface area contributed by atoms with Crippen molar-refractivity contribution < 1.29 is 4.74 Å². The fourth-order valence-electron chi connectivity index (χ4n) is 3.00. The molecule has 1 aromatic heterocycles. The van der Waals surface area contributed by atoms with E-state index in [0.29, 0.717) is 6.54 Å². The average molecular weight is 386 g/mol. The Morgan fingerprint density at radius 3 is 2.61 bits per heavy atom. The quantitative estimate of drug-likeness (QED) is 0.514. The lowest BCUT2D eigenvalue weighted by molar-refractivity contribution is 0.0241. The van der Waals surface area contributed by atoms with Crippen LogP contribution < -0.4 is 10.6 Å². The number of ether oxygens (including phenoxy) is 1. The van der Waals surface area contributed by atoms with Crippen LogP contribution >= 0.6 is 0 Å². The van der Waals surface area contributed by atoms with E-state index in [1.807, 2.05) is 18.5 Å². The van der Waals surface area contributed by atoms with Gasteiger partial charge < -0.3 is 19.9 Å². The van der Waals surface area contributed by atoms with Crippen LogP contribution in [0.1, 0.15) is 39.1 Å². The minimum Gasteiger partial charge on any atom is -0.379 e. The number of aromatic nitrogens is 2. The maximum Gasteiger partial charge on any atom is 0.191 e. The zero-order chi connectivity index (χ0) is 20.4. The van der Waals surface area contributed by atoms with E-state index in [1.165, 1.54) is 5.56 Å². The van der Waals surface area contributed by atoms with E-state index in [0.717, 1.165) is 37.8 Å². The van der Waals surface area contributed by atoms with Crippen LogP contribution in [-0.2, 0) is 17.7 Å². The Morgan fingerprint density at radius 1 is 1.21 bits per heavy atom. The largest absolute Gasteiger partial charge is 0.379 e. The highest BCUT2D eigenvalue weighted by Crippen LogP contribution is 2.21. The third-order valence-electron chi connectivity index (χ3n) is 4.65. The van der Waals surface area contributed by atoms with Crippen molar-refractivity contribution in [3.63, 3.8) is 0 Å². The van der Waals surface area contributed by atoms with Crippen molar-refractivity contribution in [3.8, 4) is 0 Å². The molecule has 0 aliphatic rings. The Kier molecular flexibility index (Phi) is 8.51. The lowest BCUT2D eigenvalue weighted by Gasteiger charge is -2.28. The number of aliphatic imine (C=N–C) groups is 1. The first kappa shape index (κ1) is 22.0. The molecular weight excluding hydrogens is 350 g/mol. The summed E-state index contributed by atoms with van der Waals surface area (Å²) in [6.07, 6.45) is 4.81. The molecule has 0 fully saturated rings. The smallest absolute Gasteiger partial charge is 0.191 e. The van der Waals surface area contributed by atoms with Gasteiger partial charge in [0.2, 0.25) is 0 Å². The van der Waals surface area contributed by atoms with E-state index in [9.17, 15) is 0 Å². The number of benzene rings is 1. The van der Waals surface area contributed by atoms with Crippen molar-refractivity contribution in [2.75, 3.05) is 26.7 Å². The number of methoxy groups -OCH3 is 1. The topological polar surface area (TPSA) is 63.5 Å². The van der Waals surface area contributed by atoms with E-state index in [4.69, 9.17) is 9.73 Å². The van der Waals surface area contributed by atoms with Crippen LogP contribution in [0.25, 0.3) is 0 Å². The van der Waals surface area contributed by atoms with Crippen LogP contribution in [0.15, 0.2) is 47.7 Å². The van der Waals surface area contributed by atoms with Gasteiger partial charge in [-0.05, 0) is 17.9 Å². The molecule has 0 spiro atoms. The van der Waals surface area contributed by atoms with Crippen molar-refractivity contribution in [1.29, 1.82) is 0 Å². The monoisotopic (exact) mass is 385 g/mol. The van der Waals surface area contributed by atoms with Gasteiger partial charge in [0.15, 0.2) is 5.96 Å². The first-order valence-corrected chi connectivity index (χ1v) is 10.0. The predicted molar refractivity (Wildman–Crippen MR) is 116 cm³/mol. The Hall–Kier alpha value is -2.34. The summed E-state index contributed by atoms with van der Waals surface area (Å²) in [4.78, 5) is 9.22. The molecule has 2 N–H and O–H groups in total. The van der Waals surface area contributed by atoms with Gasteiger partial charge in [0, 0.05) is 45.6 Å². The van der Waals surface area contributed by atoms with E-state index in [-0.39, 0.29) is 11.5 Å². The molecule has 0 aliphatic carbocycles. The van der Waals surface area contributed by atoms with Crippen LogP contribution in [0.3, 0.4) is 0 Å². The summed E-state index contributed by atoms with van der Waals surface area (Å²) in [5.74, 6) is 1.88. The highest BCUT2D eigenvalue weighted by Gasteiger charge is 2.24. The molecule has 0 bridgehead atoms. The zero-order valence-corrected chi connectivity index (χ0v) is 17.9. The number of imidazole rings is 1. The van der Waals surface area contributed by atoms with Crippen molar-refractivity contribution in [2.24, 2.45) is 10.4 Å². The molecule has 0 saturated heterocycles. The van der Waals surface area contributed by atoms with Gasteiger partial charge in [0.25, 0.3) is 0 Å². The molecule has 28 heavy (non-hydrogen) atoms. The number of hydrogen-bond donors (Lipinski definition) is 2. The number of rotatable bonds is 9. The third kappa shape index (κ3) is 7.00. The molecule has 1 heterocycles. The van der Waals surface area contributed by atoms with Gasteiger partial charge in [0.1, 0.15) is 5.82 Å². The maximum absolute atomic E-state index is 5.60. The van der Waals surface area contributed by atoms with Crippen LogP contribution in [0.4, 0.5) is 0 Å². The maximum atomic E-state index is 5.60. The molecule has 6 nitrogen and oxygen atoms in total. The Balaban J connectivity index is 1.91. The lowest BCUT2D eigenvalue weighted by atomic mass is 9.89. The first-order chi connectivity index (χ1) is 13.4. The molecule has 2 rings (SSSR count). The molecule has 1 atom stereocenters. The Morgan fingerprint density at radius 2 is 1.96 bits per heavy atom. The SMILES string of the molecule is CCNC(=NCC(OC)C(C)(C)C)NCCc1nccn1Cc1ccccc1. The molecule has 1 unspecified atom stereocenters. The van der Waals surface area contributed by atoms with Gasteiger partial charge >= 0.3 is 0 Å². The predicted octanol–water partition coefficient (Wildman–Crippen LogP) is 3.09. The molecule has 154 valence electrons. The number of nitrogens with zero attached hydrogens (tertiary/aromatic N) is 3. The minimum atomic E-state index is 0.0533. The molecule has 6 heteroatoms. The van der Waals surface area contributed by atoms with E-state index in [2.05, 4.69) is 72.1 Å². The molecule has 0 radical (unpaired) electrons. The van der Waals surface area contributed by atoms with Gasteiger partial charge in [-0.15, -0.1) is 0 Å². The van der Waals surface area contributed by atoms with Gasteiger partial charge in [-0.1, -0.05) is 51.1 Å². The van der Waals surface area contributed by atoms with Crippen molar-refractivity contribution >= 4 is 5.96 Å². The molecular formula is C22H35N5O. The number of nitrogens with one attached hydrogen (secondary N) is 2. The molecule has 2 aromatic rings. The summed E-state index contributed by atoms with van der Waals surface area (Å²) in [5.41, 5.74) is 1.33. The standard InChI is InChI=1S/C22H35N5O/c1-6-23-21(26-16-19(28-5)22(2,3)4)25-13-12-20-24-14-15-27(20)17-18-10-8-7-9-11-18/h7-11,14-15,19H,6,12-13,16-17H2,1-5H3,(H2,23,25,26). The molecule has 1 aromatic carbocycles. The lowest BCUT2D eigenvalue weighted by Crippen LogP contribution is -2.40. The van der Waals surface area contributed by atoms with Crippen LogP contribution in [-0.4, -0.2) is 48.4 Å². The van der Waals surface area contributed by atoms with Gasteiger partial charge in [-0.3, -0.25) is 4.99 Å². The van der Waals surface area contributed by atoms with Crippen LogP contribution in [0.2, 0.25) is 0 Å². The van der Waals surface area contributed by atoms with Crippen LogP contribution in [0.5, 0.6) is 0 Å². The summed E-state index contributed by atoms with van der Waals surface area (Å²) in [6, 6.07) is 10.4. The average Bonchev–Trinajstić information content (AvgIpc) is 3.09. The minimum absolute atomic E-state index is 0.0533. The highest BCUT2D eigenvalue weighted by atomic mass is 16.5. The van der Waals surface area contributed by atoms with Crippen molar-refractivity contribution in [3.05, 3.63) is 54.1 Å². The fourth-order valence-corrected chi connectivity index (χ4v) is 3.00. The second-order valence-electron chi connectivity index (χ2n) is 7.94. The second-order valence-corrected chi connectivity index (χ2v) is 7.94. The van der Waals surface area contributed by atoms with Gasteiger partial charge in [-0.2, -0.15) is 0 Å².